The minimum absolute atomic E-state index is 0.148. The molecular formula is C15H13BrF4N2O2. The predicted molar refractivity (Wildman–Crippen MR) is 82.0 cm³/mol. The molecule has 2 rings (SSSR count). The monoisotopic (exact) mass is 408 g/mol. The van der Waals surface area contributed by atoms with E-state index >= 15 is 0 Å². The summed E-state index contributed by atoms with van der Waals surface area (Å²) in [5, 5.41) is 5.69. The summed E-state index contributed by atoms with van der Waals surface area (Å²) in [4.78, 5) is 11.9. The molecule has 0 saturated carbocycles. The van der Waals surface area contributed by atoms with Gasteiger partial charge >= 0.3 is 6.18 Å². The molecule has 0 radical (unpaired) electrons. The first-order valence-electron chi connectivity index (χ1n) is 6.78. The van der Waals surface area contributed by atoms with Crippen LogP contribution in [0.3, 0.4) is 0 Å². The number of carbonyl (C=O) groups excluding carboxylic acids is 1. The van der Waals surface area contributed by atoms with E-state index < -0.39 is 29.1 Å². The van der Waals surface area contributed by atoms with Crippen molar-refractivity contribution in [2.24, 2.45) is 0 Å². The normalized spacial score (nSPS) is 12.3. The molecule has 0 aliphatic carbocycles. The van der Waals surface area contributed by atoms with Crippen LogP contribution < -0.4 is 5.32 Å². The lowest BCUT2D eigenvalue weighted by molar-refractivity contribution is -0.185. The fraction of sp³-hybridized carbons (Fsp3) is 0.333. The maximum absolute atomic E-state index is 13.7. The van der Waals surface area contributed by atoms with Gasteiger partial charge in [0.1, 0.15) is 11.2 Å². The number of hydrogen-bond donors (Lipinski definition) is 1. The number of amides is 1. The highest BCUT2D eigenvalue weighted by molar-refractivity contribution is 9.10. The van der Waals surface area contributed by atoms with Crippen LogP contribution in [0.1, 0.15) is 25.2 Å². The van der Waals surface area contributed by atoms with E-state index in [2.05, 4.69) is 30.9 Å². The summed E-state index contributed by atoms with van der Waals surface area (Å²) in [5.41, 5.74) is -2.10. The third kappa shape index (κ3) is 3.95. The van der Waals surface area contributed by atoms with Crippen LogP contribution >= 0.6 is 15.9 Å². The summed E-state index contributed by atoms with van der Waals surface area (Å²) in [6.07, 6.45) is -4.82. The molecule has 4 nitrogen and oxygen atoms in total. The quantitative estimate of drug-likeness (QED) is 0.752. The third-order valence-electron chi connectivity index (χ3n) is 3.47. The van der Waals surface area contributed by atoms with Gasteiger partial charge in [-0.3, -0.25) is 4.79 Å². The summed E-state index contributed by atoms with van der Waals surface area (Å²) < 4.78 is 57.7. The molecule has 0 bridgehead atoms. The summed E-state index contributed by atoms with van der Waals surface area (Å²) in [6, 6.07) is 5.22. The maximum Gasteiger partial charge on any atom is 0.401 e. The second kappa shape index (κ2) is 6.54. The Hall–Kier alpha value is -1.90. The predicted octanol–water partition coefficient (Wildman–Crippen LogP) is 4.60. The van der Waals surface area contributed by atoms with Crippen LogP contribution in [0, 0.1) is 5.82 Å². The highest BCUT2D eigenvalue weighted by Crippen LogP contribution is 2.40. The van der Waals surface area contributed by atoms with Crippen molar-refractivity contribution in [1.82, 2.24) is 5.16 Å². The van der Waals surface area contributed by atoms with Crippen molar-refractivity contribution in [3.05, 3.63) is 45.9 Å². The smallest absolute Gasteiger partial charge is 0.358 e. The number of nitrogens with one attached hydrogen (secondary N) is 1. The molecule has 0 unspecified atom stereocenters. The molecule has 0 fully saturated rings. The molecule has 1 amide bonds. The van der Waals surface area contributed by atoms with Gasteiger partial charge in [-0.1, -0.05) is 27.2 Å². The summed E-state index contributed by atoms with van der Waals surface area (Å²) in [6.45, 7) is 1.88. The number of carbonyl (C=O) groups is 1. The second-order valence-corrected chi connectivity index (χ2v) is 6.58. The minimum Gasteiger partial charge on any atom is -0.358 e. The molecule has 9 heteroatoms. The average Bonchev–Trinajstić information content (AvgIpc) is 2.89. The number of anilines is 1. The molecule has 0 atom stereocenters. The van der Waals surface area contributed by atoms with E-state index in [4.69, 9.17) is 0 Å². The molecule has 2 aromatic rings. The number of halogens is 5. The summed E-state index contributed by atoms with van der Waals surface area (Å²) in [5.74, 6) is -1.79. The zero-order chi connectivity index (χ0) is 18.1. The summed E-state index contributed by atoms with van der Waals surface area (Å²) >= 11 is 3.10. The van der Waals surface area contributed by atoms with Crippen LogP contribution in [0.5, 0.6) is 0 Å². The van der Waals surface area contributed by atoms with E-state index in [1.165, 1.54) is 12.1 Å². The van der Waals surface area contributed by atoms with Gasteiger partial charge in [-0.2, -0.15) is 13.2 Å². The first-order valence-corrected chi connectivity index (χ1v) is 7.57. The molecule has 130 valence electrons. The molecule has 0 saturated heterocycles. The molecule has 0 spiro atoms. The molecule has 24 heavy (non-hydrogen) atoms. The molecular weight excluding hydrogens is 396 g/mol. The van der Waals surface area contributed by atoms with Crippen molar-refractivity contribution in [1.29, 1.82) is 0 Å². The first kappa shape index (κ1) is 18.4. The van der Waals surface area contributed by atoms with Gasteiger partial charge in [0.15, 0.2) is 11.6 Å². The van der Waals surface area contributed by atoms with Crippen LogP contribution in [-0.2, 0) is 16.6 Å². The number of hydrogen-bond acceptors (Lipinski definition) is 3. The topological polar surface area (TPSA) is 55.1 Å². The van der Waals surface area contributed by atoms with Gasteiger partial charge in [0.05, 0.1) is 6.42 Å². The zero-order valence-corrected chi connectivity index (χ0v) is 14.3. The van der Waals surface area contributed by atoms with Gasteiger partial charge < -0.3 is 9.84 Å². The van der Waals surface area contributed by atoms with Gasteiger partial charge in [0.25, 0.3) is 0 Å². The SMILES string of the molecule is CC(C)(c1cc(NC(=O)Cc2ccc(Br)cc2F)no1)C(F)(F)F. The number of rotatable bonds is 4. The van der Waals surface area contributed by atoms with E-state index in [1.807, 2.05) is 0 Å². The number of aromatic nitrogens is 1. The van der Waals surface area contributed by atoms with E-state index in [0.29, 0.717) is 4.47 Å². The van der Waals surface area contributed by atoms with Crippen LogP contribution in [0.25, 0.3) is 0 Å². The van der Waals surface area contributed by atoms with Crippen LogP contribution in [0.4, 0.5) is 23.4 Å². The van der Waals surface area contributed by atoms with E-state index in [9.17, 15) is 22.4 Å². The Morgan fingerprint density at radius 2 is 1.96 bits per heavy atom. The molecule has 0 aliphatic rings. The fourth-order valence-corrected chi connectivity index (χ4v) is 2.13. The van der Waals surface area contributed by atoms with Crippen LogP contribution in [-0.4, -0.2) is 17.2 Å². The highest BCUT2D eigenvalue weighted by atomic mass is 79.9. The zero-order valence-electron chi connectivity index (χ0n) is 12.7. The number of nitrogens with zero attached hydrogens (tertiary/aromatic N) is 1. The molecule has 0 aliphatic heterocycles. The van der Waals surface area contributed by atoms with E-state index in [1.54, 1.807) is 6.07 Å². The van der Waals surface area contributed by atoms with Crippen molar-refractivity contribution in [3.8, 4) is 0 Å². The average molecular weight is 409 g/mol. The minimum atomic E-state index is -4.53. The lowest BCUT2D eigenvalue weighted by Gasteiger charge is -2.24. The van der Waals surface area contributed by atoms with Gasteiger partial charge in [-0.25, -0.2) is 4.39 Å². The largest absolute Gasteiger partial charge is 0.401 e. The Balaban J connectivity index is 2.08. The Labute approximate surface area is 143 Å². The molecule has 1 aromatic heterocycles. The van der Waals surface area contributed by atoms with Crippen molar-refractivity contribution >= 4 is 27.7 Å². The molecule has 1 N–H and O–H groups in total. The maximum atomic E-state index is 13.7. The number of alkyl halides is 3. The highest BCUT2D eigenvalue weighted by Gasteiger charge is 2.51. The Kier molecular flexibility index (Phi) is 5.03. The van der Waals surface area contributed by atoms with Gasteiger partial charge in [-0.15, -0.1) is 0 Å². The van der Waals surface area contributed by atoms with E-state index in [0.717, 1.165) is 19.9 Å². The van der Waals surface area contributed by atoms with Crippen LogP contribution in [0.2, 0.25) is 0 Å². The Morgan fingerprint density at radius 1 is 1.29 bits per heavy atom. The van der Waals surface area contributed by atoms with Crippen LogP contribution in [0.15, 0.2) is 33.3 Å². The number of benzene rings is 1. The Bertz CT molecular complexity index is 756. The Morgan fingerprint density at radius 3 is 2.54 bits per heavy atom. The van der Waals surface area contributed by atoms with Crippen molar-refractivity contribution in [2.75, 3.05) is 5.32 Å². The standard InChI is InChI=1S/C15H13BrF4N2O2/c1-14(2,15(18,19)20)11-7-12(22-24-11)21-13(23)5-8-3-4-9(16)6-10(8)17/h3-4,6-7H,5H2,1-2H3,(H,21,22,23). The lowest BCUT2D eigenvalue weighted by atomic mass is 9.89. The van der Waals surface area contributed by atoms with E-state index in [-0.39, 0.29) is 17.8 Å². The van der Waals surface area contributed by atoms with Gasteiger partial charge in [-0.05, 0) is 31.5 Å². The summed E-state index contributed by atoms with van der Waals surface area (Å²) in [7, 11) is 0. The molecule has 1 heterocycles. The first-order chi connectivity index (χ1) is 11.0. The lowest BCUT2D eigenvalue weighted by Crippen LogP contribution is -2.35. The van der Waals surface area contributed by atoms with Crippen molar-refractivity contribution in [3.63, 3.8) is 0 Å². The fourth-order valence-electron chi connectivity index (χ4n) is 1.79. The third-order valence-corrected chi connectivity index (χ3v) is 3.96. The van der Waals surface area contributed by atoms with Gasteiger partial charge in [0.2, 0.25) is 5.91 Å². The second-order valence-electron chi connectivity index (χ2n) is 5.66. The molecule has 1 aromatic carbocycles. The van der Waals surface area contributed by atoms with Gasteiger partial charge in [0, 0.05) is 10.5 Å². The van der Waals surface area contributed by atoms with Crippen molar-refractivity contribution < 1.29 is 26.9 Å². The van der Waals surface area contributed by atoms with Crippen molar-refractivity contribution in [2.45, 2.75) is 31.9 Å².